The van der Waals surface area contributed by atoms with Crippen LogP contribution < -0.4 is 0 Å². The molecule has 0 N–H and O–H groups in total. The molecule has 2 rings (SSSR count). The number of likely N-dealkylation sites (tertiary alicyclic amines) is 1. The summed E-state index contributed by atoms with van der Waals surface area (Å²) < 4.78 is 0. The van der Waals surface area contributed by atoms with Gasteiger partial charge >= 0.3 is 0 Å². The van der Waals surface area contributed by atoms with Gasteiger partial charge < -0.3 is 0 Å². The van der Waals surface area contributed by atoms with Crippen LogP contribution in [-0.4, -0.2) is 22.8 Å². The van der Waals surface area contributed by atoms with Gasteiger partial charge in [-0.25, -0.2) is 0 Å². The van der Waals surface area contributed by atoms with Crippen LogP contribution in [0.15, 0.2) is 30.3 Å². The fourth-order valence-electron chi connectivity index (χ4n) is 2.00. The van der Waals surface area contributed by atoms with E-state index in [9.17, 15) is 9.59 Å². The lowest BCUT2D eigenvalue weighted by Gasteiger charge is -2.21. The van der Waals surface area contributed by atoms with Gasteiger partial charge in [-0.1, -0.05) is 36.3 Å². The Kier molecular flexibility index (Phi) is 3.24. The first kappa shape index (κ1) is 11.4. The average molecular weight is 227 g/mol. The fourth-order valence-corrected chi connectivity index (χ4v) is 2.00. The van der Waals surface area contributed by atoms with Gasteiger partial charge in [0, 0.05) is 19.3 Å². The van der Waals surface area contributed by atoms with E-state index in [4.69, 9.17) is 6.42 Å². The van der Waals surface area contributed by atoms with Crippen LogP contribution in [0.4, 0.5) is 0 Å². The van der Waals surface area contributed by atoms with Crippen molar-refractivity contribution in [2.45, 2.75) is 25.3 Å². The number of imide groups is 1. The molecule has 1 aromatic carbocycles. The maximum absolute atomic E-state index is 11.6. The molecule has 86 valence electrons. The van der Waals surface area contributed by atoms with Crippen LogP contribution in [0.3, 0.4) is 0 Å². The Bertz CT molecular complexity index is 457. The van der Waals surface area contributed by atoms with Crippen molar-refractivity contribution in [2.24, 2.45) is 0 Å². The van der Waals surface area contributed by atoms with E-state index in [2.05, 4.69) is 5.92 Å². The minimum absolute atomic E-state index is 0.158. The third kappa shape index (κ3) is 2.36. The fraction of sp³-hybridized carbons (Fsp3) is 0.286. The highest BCUT2D eigenvalue weighted by atomic mass is 16.2. The lowest BCUT2D eigenvalue weighted by Crippen LogP contribution is -2.39. The van der Waals surface area contributed by atoms with Gasteiger partial charge in [0.1, 0.15) is 6.04 Å². The van der Waals surface area contributed by atoms with Crippen molar-refractivity contribution in [3.63, 3.8) is 0 Å². The van der Waals surface area contributed by atoms with E-state index in [1.807, 2.05) is 30.3 Å². The van der Waals surface area contributed by atoms with E-state index in [0.29, 0.717) is 6.42 Å². The molecule has 17 heavy (non-hydrogen) atoms. The van der Waals surface area contributed by atoms with Gasteiger partial charge in [0.05, 0.1) is 0 Å². The second-order valence-corrected chi connectivity index (χ2v) is 4.03. The molecule has 0 radical (unpaired) electrons. The Morgan fingerprint density at radius 1 is 1.18 bits per heavy atom. The highest BCUT2D eigenvalue weighted by molar-refractivity contribution is 6.02. The van der Waals surface area contributed by atoms with Gasteiger partial charge in [-0.15, -0.1) is 6.42 Å². The predicted molar refractivity (Wildman–Crippen MR) is 63.9 cm³/mol. The maximum atomic E-state index is 11.6. The molecule has 2 amide bonds. The van der Waals surface area contributed by atoms with Crippen molar-refractivity contribution >= 4 is 11.8 Å². The number of amides is 2. The quantitative estimate of drug-likeness (QED) is 0.578. The first-order valence-electron chi connectivity index (χ1n) is 5.57. The normalized spacial score (nSPS) is 17.0. The molecular formula is C14H13NO2. The third-order valence-corrected chi connectivity index (χ3v) is 2.87. The average Bonchev–Trinajstić information content (AvgIpc) is 2.68. The number of nitrogens with zero attached hydrogens (tertiary/aromatic N) is 1. The zero-order valence-electron chi connectivity index (χ0n) is 9.43. The summed E-state index contributed by atoms with van der Waals surface area (Å²) in [5.41, 5.74) is 1.03. The van der Waals surface area contributed by atoms with Crippen LogP contribution in [0, 0.1) is 12.3 Å². The molecule has 3 heteroatoms. The Morgan fingerprint density at radius 2 is 1.76 bits per heavy atom. The van der Waals surface area contributed by atoms with Crippen molar-refractivity contribution < 1.29 is 9.59 Å². The summed E-state index contributed by atoms with van der Waals surface area (Å²) in [6, 6.07) is 9.16. The van der Waals surface area contributed by atoms with Gasteiger partial charge in [0.25, 0.3) is 0 Å². The molecule has 0 bridgehead atoms. The molecule has 1 fully saturated rings. The molecule has 1 aromatic rings. The first-order chi connectivity index (χ1) is 8.22. The Morgan fingerprint density at radius 3 is 2.29 bits per heavy atom. The van der Waals surface area contributed by atoms with Crippen LogP contribution in [-0.2, 0) is 16.0 Å². The van der Waals surface area contributed by atoms with Crippen LogP contribution in [0.5, 0.6) is 0 Å². The van der Waals surface area contributed by atoms with E-state index in [1.165, 1.54) is 4.90 Å². The molecule has 0 aromatic heterocycles. The van der Waals surface area contributed by atoms with Gasteiger partial charge in [-0.3, -0.25) is 14.5 Å². The number of hydrogen-bond acceptors (Lipinski definition) is 2. The predicted octanol–water partition coefficient (Wildman–Crippen LogP) is 1.38. The summed E-state index contributed by atoms with van der Waals surface area (Å²) in [6.45, 7) is 0. The highest BCUT2D eigenvalue weighted by Crippen LogP contribution is 2.18. The minimum Gasteiger partial charge on any atom is -0.274 e. The first-order valence-corrected chi connectivity index (χ1v) is 5.57. The summed E-state index contributed by atoms with van der Waals surface area (Å²) in [4.78, 5) is 24.4. The summed E-state index contributed by atoms with van der Waals surface area (Å²) in [5.74, 6) is 2.22. The molecule has 1 atom stereocenters. The molecule has 3 nitrogen and oxygen atoms in total. The van der Waals surface area contributed by atoms with Crippen molar-refractivity contribution in [2.75, 3.05) is 0 Å². The van der Waals surface area contributed by atoms with Gasteiger partial charge in [-0.2, -0.15) is 0 Å². The maximum Gasteiger partial charge on any atom is 0.230 e. The number of hydrogen-bond donors (Lipinski definition) is 0. The van der Waals surface area contributed by atoms with Crippen LogP contribution in [0.2, 0.25) is 0 Å². The van der Waals surface area contributed by atoms with Crippen molar-refractivity contribution in [3.05, 3.63) is 35.9 Å². The summed E-state index contributed by atoms with van der Waals surface area (Å²) in [5, 5.41) is 0. The molecule has 0 spiro atoms. The SMILES string of the molecule is C#C[C@H](Cc1ccccc1)N1C(=O)CCC1=O. The largest absolute Gasteiger partial charge is 0.274 e. The van der Waals surface area contributed by atoms with Gasteiger partial charge in [-0.05, 0) is 5.56 Å². The highest BCUT2D eigenvalue weighted by Gasteiger charge is 2.33. The van der Waals surface area contributed by atoms with E-state index < -0.39 is 6.04 Å². The molecule has 1 aliphatic rings. The minimum atomic E-state index is -0.458. The molecule has 0 saturated carbocycles. The summed E-state index contributed by atoms with van der Waals surface area (Å²) in [6.07, 6.45) is 6.52. The van der Waals surface area contributed by atoms with E-state index in [0.717, 1.165) is 5.56 Å². The topological polar surface area (TPSA) is 37.4 Å². The smallest absolute Gasteiger partial charge is 0.230 e. The number of benzene rings is 1. The second kappa shape index (κ2) is 4.84. The van der Waals surface area contributed by atoms with Gasteiger partial charge in [0.2, 0.25) is 11.8 Å². The van der Waals surface area contributed by atoms with E-state index in [-0.39, 0.29) is 24.7 Å². The van der Waals surface area contributed by atoms with Gasteiger partial charge in [0.15, 0.2) is 0 Å². The molecular weight excluding hydrogens is 214 g/mol. The monoisotopic (exact) mass is 227 g/mol. The number of carbonyl (C=O) groups is 2. The molecule has 0 aliphatic carbocycles. The number of rotatable bonds is 3. The molecule has 1 heterocycles. The lowest BCUT2D eigenvalue weighted by molar-refractivity contribution is -0.139. The van der Waals surface area contributed by atoms with Crippen LogP contribution >= 0.6 is 0 Å². The Labute approximate surface area is 100 Å². The Balaban J connectivity index is 2.15. The summed E-state index contributed by atoms with van der Waals surface area (Å²) >= 11 is 0. The summed E-state index contributed by atoms with van der Waals surface area (Å²) in [7, 11) is 0. The zero-order valence-corrected chi connectivity index (χ0v) is 9.43. The van der Waals surface area contributed by atoms with Crippen molar-refractivity contribution in [1.82, 2.24) is 4.90 Å². The molecule has 1 saturated heterocycles. The number of terminal acetylenes is 1. The van der Waals surface area contributed by atoms with Crippen molar-refractivity contribution in [3.8, 4) is 12.3 Å². The van der Waals surface area contributed by atoms with E-state index in [1.54, 1.807) is 0 Å². The van der Waals surface area contributed by atoms with Crippen molar-refractivity contribution in [1.29, 1.82) is 0 Å². The lowest BCUT2D eigenvalue weighted by atomic mass is 10.1. The Hall–Kier alpha value is -2.08. The van der Waals surface area contributed by atoms with E-state index >= 15 is 0 Å². The second-order valence-electron chi connectivity index (χ2n) is 4.03. The van der Waals surface area contributed by atoms with Crippen LogP contribution in [0.25, 0.3) is 0 Å². The third-order valence-electron chi connectivity index (χ3n) is 2.87. The number of carbonyl (C=O) groups excluding carboxylic acids is 2. The zero-order chi connectivity index (χ0) is 12.3. The molecule has 1 aliphatic heterocycles. The molecule has 0 unspecified atom stereocenters. The van der Waals surface area contributed by atoms with Crippen LogP contribution in [0.1, 0.15) is 18.4 Å². The standard InChI is InChI=1S/C14H13NO2/c1-2-12(10-11-6-4-3-5-7-11)15-13(16)8-9-14(15)17/h1,3-7,12H,8-10H2/t12-/m1/s1.